The lowest BCUT2D eigenvalue weighted by atomic mass is 10.1. The van der Waals surface area contributed by atoms with E-state index in [0.29, 0.717) is 18.7 Å². The number of aromatic nitrogens is 2. The zero-order valence-electron chi connectivity index (χ0n) is 15.6. The van der Waals surface area contributed by atoms with Crippen LogP contribution in [0.25, 0.3) is 6.08 Å². The summed E-state index contributed by atoms with van der Waals surface area (Å²) >= 11 is 0. The maximum Gasteiger partial charge on any atom is 0.416 e. The van der Waals surface area contributed by atoms with Crippen LogP contribution in [0.15, 0.2) is 48.8 Å². The first-order valence-corrected chi connectivity index (χ1v) is 9.23. The number of nitrogens with zero attached hydrogens (tertiary/aromatic N) is 3. The standard InChI is InChI=1S/C20H21F3N4O2/c21-20(22,23)16-7-4-15(5-8-16)6-9-18(28)24-13-19(29)26-11-1-3-17(14-26)27-12-2-10-25-27/h2,4-10,12,17H,1,3,11,13-14H2,(H,24,28)/b9-6+. The van der Waals surface area contributed by atoms with E-state index in [-0.39, 0.29) is 18.5 Å². The third-order valence-corrected chi connectivity index (χ3v) is 4.73. The highest BCUT2D eigenvalue weighted by Gasteiger charge is 2.29. The second-order valence-electron chi connectivity index (χ2n) is 6.79. The molecule has 1 N–H and O–H groups in total. The van der Waals surface area contributed by atoms with Gasteiger partial charge in [-0.3, -0.25) is 14.3 Å². The van der Waals surface area contributed by atoms with Gasteiger partial charge in [-0.25, -0.2) is 0 Å². The molecule has 0 aliphatic carbocycles. The molecule has 2 aromatic rings. The molecule has 1 aliphatic heterocycles. The van der Waals surface area contributed by atoms with Crippen LogP contribution in [0.1, 0.15) is 30.0 Å². The molecule has 6 nitrogen and oxygen atoms in total. The molecule has 0 spiro atoms. The third-order valence-electron chi connectivity index (χ3n) is 4.73. The van der Waals surface area contributed by atoms with Crippen LogP contribution in [-0.4, -0.2) is 46.1 Å². The zero-order valence-corrected chi connectivity index (χ0v) is 15.6. The topological polar surface area (TPSA) is 67.2 Å². The molecule has 0 saturated carbocycles. The van der Waals surface area contributed by atoms with E-state index in [1.165, 1.54) is 24.3 Å². The van der Waals surface area contributed by atoms with Crippen molar-refractivity contribution in [2.24, 2.45) is 0 Å². The van der Waals surface area contributed by atoms with Crippen molar-refractivity contribution in [3.05, 3.63) is 59.9 Å². The summed E-state index contributed by atoms with van der Waals surface area (Å²) in [6, 6.07) is 6.42. The molecule has 29 heavy (non-hydrogen) atoms. The van der Waals surface area contributed by atoms with Crippen molar-refractivity contribution in [1.82, 2.24) is 20.0 Å². The molecule has 9 heteroatoms. The molecule has 1 aliphatic rings. The highest BCUT2D eigenvalue weighted by molar-refractivity contribution is 5.94. The van der Waals surface area contributed by atoms with Crippen LogP contribution >= 0.6 is 0 Å². The van der Waals surface area contributed by atoms with Crippen LogP contribution in [0.2, 0.25) is 0 Å². The number of carbonyl (C=O) groups is 2. The number of piperidine rings is 1. The van der Waals surface area contributed by atoms with Gasteiger partial charge in [0, 0.05) is 31.6 Å². The van der Waals surface area contributed by atoms with Gasteiger partial charge in [0.25, 0.3) is 0 Å². The molecule has 1 unspecified atom stereocenters. The number of alkyl halides is 3. The Labute approximate surface area is 166 Å². The Kier molecular flexibility index (Phi) is 6.36. The average Bonchev–Trinajstić information content (AvgIpc) is 3.25. The lowest BCUT2D eigenvalue weighted by molar-refractivity contribution is -0.137. The van der Waals surface area contributed by atoms with Gasteiger partial charge in [-0.1, -0.05) is 12.1 Å². The maximum atomic E-state index is 12.5. The summed E-state index contributed by atoms with van der Waals surface area (Å²) in [6.07, 6.45) is 3.56. The van der Waals surface area contributed by atoms with Gasteiger partial charge in [-0.05, 0) is 42.7 Å². The number of nitrogens with one attached hydrogen (secondary N) is 1. The van der Waals surface area contributed by atoms with E-state index >= 15 is 0 Å². The number of hydrogen-bond donors (Lipinski definition) is 1. The van der Waals surface area contributed by atoms with Gasteiger partial charge in [0.1, 0.15) is 0 Å². The molecule has 1 fully saturated rings. The van der Waals surface area contributed by atoms with Crippen molar-refractivity contribution in [2.75, 3.05) is 19.6 Å². The Morgan fingerprint density at radius 2 is 2.00 bits per heavy atom. The summed E-state index contributed by atoms with van der Waals surface area (Å²) in [6.45, 7) is 1.04. The van der Waals surface area contributed by atoms with Crippen LogP contribution in [0.4, 0.5) is 13.2 Å². The summed E-state index contributed by atoms with van der Waals surface area (Å²) in [5.41, 5.74) is -0.294. The van der Waals surface area contributed by atoms with Crippen LogP contribution in [0.3, 0.4) is 0 Å². The van der Waals surface area contributed by atoms with E-state index in [1.54, 1.807) is 11.1 Å². The molecular weight excluding hydrogens is 385 g/mol. The molecule has 1 aromatic carbocycles. The third kappa shape index (κ3) is 5.69. The Balaban J connectivity index is 1.47. The van der Waals surface area contributed by atoms with Crippen molar-refractivity contribution in [1.29, 1.82) is 0 Å². The van der Waals surface area contributed by atoms with Gasteiger partial charge >= 0.3 is 6.18 Å². The van der Waals surface area contributed by atoms with Gasteiger partial charge in [0.05, 0.1) is 18.2 Å². The molecule has 1 aromatic heterocycles. The van der Waals surface area contributed by atoms with E-state index in [0.717, 1.165) is 25.0 Å². The number of halogens is 3. The SMILES string of the molecule is O=C(/C=C/c1ccc(C(F)(F)F)cc1)NCC(=O)N1CCCC(n2cccn2)C1. The average molecular weight is 406 g/mol. The predicted octanol–water partition coefficient (Wildman–Crippen LogP) is 2.90. The molecular formula is C20H21F3N4O2. The second-order valence-corrected chi connectivity index (χ2v) is 6.79. The first-order chi connectivity index (χ1) is 13.8. The Bertz CT molecular complexity index is 861. The van der Waals surface area contributed by atoms with Crippen LogP contribution in [0.5, 0.6) is 0 Å². The van der Waals surface area contributed by atoms with Crippen LogP contribution in [-0.2, 0) is 15.8 Å². The lowest BCUT2D eigenvalue weighted by Crippen LogP contribution is -2.45. The maximum absolute atomic E-state index is 12.5. The minimum atomic E-state index is -4.40. The van der Waals surface area contributed by atoms with E-state index in [9.17, 15) is 22.8 Å². The Morgan fingerprint density at radius 1 is 1.24 bits per heavy atom. The second kappa shape index (κ2) is 8.93. The summed E-state index contributed by atoms with van der Waals surface area (Å²) in [4.78, 5) is 26.0. The summed E-state index contributed by atoms with van der Waals surface area (Å²) in [5, 5.41) is 6.73. The Morgan fingerprint density at radius 3 is 2.66 bits per heavy atom. The Hall–Kier alpha value is -3.10. The first kappa shape index (κ1) is 20.6. The highest BCUT2D eigenvalue weighted by Crippen LogP contribution is 2.29. The van der Waals surface area contributed by atoms with Gasteiger partial charge in [-0.2, -0.15) is 18.3 Å². The molecule has 3 rings (SSSR count). The van der Waals surface area contributed by atoms with Gasteiger partial charge < -0.3 is 10.2 Å². The number of benzene rings is 1. The van der Waals surface area contributed by atoms with E-state index in [4.69, 9.17) is 0 Å². The van der Waals surface area contributed by atoms with Gasteiger partial charge in [0.2, 0.25) is 11.8 Å². The molecule has 1 saturated heterocycles. The van der Waals surface area contributed by atoms with Crippen LogP contribution < -0.4 is 5.32 Å². The van der Waals surface area contributed by atoms with Gasteiger partial charge in [0.15, 0.2) is 0 Å². The van der Waals surface area contributed by atoms with Crippen molar-refractivity contribution < 1.29 is 22.8 Å². The molecule has 1 atom stereocenters. The van der Waals surface area contributed by atoms with Gasteiger partial charge in [-0.15, -0.1) is 0 Å². The minimum absolute atomic E-state index is 0.123. The quantitative estimate of drug-likeness (QED) is 0.777. The largest absolute Gasteiger partial charge is 0.416 e. The molecule has 0 radical (unpaired) electrons. The number of amides is 2. The minimum Gasteiger partial charge on any atom is -0.343 e. The highest BCUT2D eigenvalue weighted by atomic mass is 19.4. The number of hydrogen-bond acceptors (Lipinski definition) is 3. The van der Waals surface area contributed by atoms with Crippen molar-refractivity contribution >= 4 is 17.9 Å². The molecule has 0 bridgehead atoms. The number of carbonyl (C=O) groups excluding carboxylic acids is 2. The molecule has 2 heterocycles. The molecule has 2 amide bonds. The van der Waals surface area contributed by atoms with E-state index in [1.807, 2.05) is 16.9 Å². The summed E-state index contributed by atoms with van der Waals surface area (Å²) in [7, 11) is 0. The lowest BCUT2D eigenvalue weighted by Gasteiger charge is -2.32. The van der Waals surface area contributed by atoms with Crippen molar-refractivity contribution in [2.45, 2.75) is 25.1 Å². The molecule has 154 valence electrons. The van der Waals surface area contributed by atoms with Crippen molar-refractivity contribution in [3.63, 3.8) is 0 Å². The van der Waals surface area contributed by atoms with E-state index in [2.05, 4.69) is 10.4 Å². The first-order valence-electron chi connectivity index (χ1n) is 9.23. The predicted molar refractivity (Wildman–Crippen MR) is 101 cm³/mol. The summed E-state index contributed by atoms with van der Waals surface area (Å²) in [5.74, 6) is -0.669. The normalized spacial score (nSPS) is 17.5. The fourth-order valence-electron chi connectivity index (χ4n) is 3.18. The summed E-state index contributed by atoms with van der Waals surface area (Å²) < 4.78 is 39.5. The zero-order chi connectivity index (χ0) is 20.9. The number of rotatable bonds is 5. The van der Waals surface area contributed by atoms with E-state index < -0.39 is 17.6 Å². The smallest absolute Gasteiger partial charge is 0.343 e. The number of likely N-dealkylation sites (tertiary alicyclic amines) is 1. The monoisotopic (exact) mass is 406 g/mol. The fraction of sp³-hybridized carbons (Fsp3) is 0.350. The van der Waals surface area contributed by atoms with Crippen molar-refractivity contribution in [3.8, 4) is 0 Å². The fourth-order valence-corrected chi connectivity index (χ4v) is 3.18. The van der Waals surface area contributed by atoms with Crippen LogP contribution in [0, 0.1) is 0 Å².